The molecule has 34 heavy (non-hydrogen) atoms. The number of hydrogen-bond donors (Lipinski definition) is 1. The monoisotopic (exact) mass is 483 g/mol. The number of imide groups is 1. The largest absolute Gasteiger partial charge is 0.325 e. The summed E-state index contributed by atoms with van der Waals surface area (Å²) < 4.78 is 25.9. The van der Waals surface area contributed by atoms with Gasteiger partial charge >= 0.3 is 6.03 Å². The zero-order valence-electron chi connectivity index (χ0n) is 19.8. The van der Waals surface area contributed by atoms with Gasteiger partial charge in [-0.15, -0.1) is 0 Å². The number of carbonyl (C=O) groups excluding carboxylic acids is 3. The van der Waals surface area contributed by atoms with Crippen LogP contribution in [-0.2, 0) is 26.8 Å². The van der Waals surface area contributed by atoms with Gasteiger partial charge in [-0.3, -0.25) is 18.8 Å². The van der Waals surface area contributed by atoms with Crippen LogP contribution >= 0.6 is 0 Å². The van der Waals surface area contributed by atoms with E-state index >= 15 is 0 Å². The molecule has 3 amide bonds. The number of amides is 3. The first-order chi connectivity index (χ1) is 16.0. The van der Waals surface area contributed by atoms with Gasteiger partial charge in [0.25, 0.3) is 5.91 Å². The maximum Gasteiger partial charge on any atom is 0.325 e. The van der Waals surface area contributed by atoms with Crippen molar-refractivity contribution in [2.24, 2.45) is 0 Å². The van der Waals surface area contributed by atoms with Crippen LogP contribution in [-0.4, -0.2) is 49.9 Å². The number of sulfonamides is 1. The highest BCUT2D eigenvalue weighted by atomic mass is 32.2. The van der Waals surface area contributed by atoms with Crippen molar-refractivity contribution in [1.29, 1.82) is 0 Å². The molecule has 0 aliphatic carbocycles. The van der Waals surface area contributed by atoms with Crippen LogP contribution < -0.4 is 9.62 Å². The molecular formula is C25H29N3O5S. The average molecular weight is 484 g/mol. The Morgan fingerprint density at radius 3 is 2.41 bits per heavy atom. The predicted molar refractivity (Wildman–Crippen MR) is 129 cm³/mol. The van der Waals surface area contributed by atoms with Crippen molar-refractivity contribution >= 4 is 33.4 Å². The minimum atomic E-state index is -3.38. The van der Waals surface area contributed by atoms with E-state index in [0.29, 0.717) is 35.7 Å². The van der Waals surface area contributed by atoms with Crippen molar-refractivity contribution in [2.45, 2.75) is 45.6 Å². The molecule has 0 saturated carbocycles. The van der Waals surface area contributed by atoms with E-state index in [-0.39, 0.29) is 18.1 Å². The number of carbonyl (C=O) groups is 3. The summed E-state index contributed by atoms with van der Waals surface area (Å²) in [7, 11) is -3.38. The summed E-state index contributed by atoms with van der Waals surface area (Å²) in [5, 5.41) is 2.73. The lowest BCUT2D eigenvalue weighted by atomic mass is 9.90. The molecule has 180 valence electrons. The summed E-state index contributed by atoms with van der Waals surface area (Å²) in [5.41, 5.74) is 2.20. The van der Waals surface area contributed by atoms with Crippen LogP contribution in [0.15, 0.2) is 42.5 Å². The molecule has 0 aromatic heterocycles. The maximum absolute atomic E-state index is 13.2. The second-order valence-electron chi connectivity index (χ2n) is 9.21. The van der Waals surface area contributed by atoms with Gasteiger partial charge in [0.15, 0.2) is 5.78 Å². The third-order valence-corrected chi connectivity index (χ3v) is 8.47. The number of hydrogen-bond acceptors (Lipinski definition) is 5. The third kappa shape index (κ3) is 3.98. The highest BCUT2D eigenvalue weighted by Crippen LogP contribution is 2.33. The first kappa shape index (κ1) is 23.9. The number of ketones is 1. The zero-order chi connectivity index (χ0) is 24.8. The van der Waals surface area contributed by atoms with Gasteiger partial charge in [-0.2, -0.15) is 0 Å². The molecule has 0 radical (unpaired) electrons. The van der Waals surface area contributed by atoms with Crippen LogP contribution in [0.5, 0.6) is 0 Å². The van der Waals surface area contributed by atoms with Gasteiger partial charge in [-0.1, -0.05) is 38.1 Å². The molecule has 1 atom stereocenters. The number of anilines is 1. The van der Waals surface area contributed by atoms with E-state index in [1.54, 1.807) is 32.0 Å². The Morgan fingerprint density at radius 1 is 1.12 bits per heavy atom. The number of fused-ring (bicyclic) bond motifs is 1. The summed E-state index contributed by atoms with van der Waals surface area (Å²) in [5.74, 6) is -0.531. The number of nitrogens with one attached hydrogen (secondary N) is 1. The second kappa shape index (κ2) is 8.54. The first-order valence-corrected chi connectivity index (χ1v) is 13.0. The topological polar surface area (TPSA) is 104 Å². The molecule has 2 aromatic rings. The van der Waals surface area contributed by atoms with Crippen molar-refractivity contribution in [1.82, 2.24) is 10.2 Å². The van der Waals surface area contributed by atoms with Crippen molar-refractivity contribution in [2.75, 3.05) is 23.1 Å². The van der Waals surface area contributed by atoms with E-state index in [1.807, 2.05) is 24.3 Å². The van der Waals surface area contributed by atoms with E-state index in [1.165, 1.54) is 4.31 Å². The number of nitrogens with zero attached hydrogens (tertiary/aromatic N) is 2. The van der Waals surface area contributed by atoms with Crippen LogP contribution in [0.4, 0.5) is 10.5 Å². The number of Topliss-reactive ketones (excluding diaryl/α,β-unsaturated/α-hetero) is 1. The maximum atomic E-state index is 13.2. The first-order valence-electron chi connectivity index (χ1n) is 11.4. The summed E-state index contributed by atoms with van der Waals surface area (Å²) in [6, 6.07) is 11.7. The molecule has 2 heterocycles. The second-order valence-corrected chi connectivity index (χ2v) is 11.4. The Morgan fingerprint density at radius 2 is 1.79 bits per heavy atom. The fourth-order valence-electron chi connectivity index (χ4n) is 4.46. The van der Waals surface area contributed by atoms with E-state index < -0.39 is 27.5 Å². The Balaban J connectivity index is 1.53. The van der Waals surface area contributed by atoms with Gasteiger partial charge in [-0.05, 0) is 61.1 Å². The SMILES string of the molecule is CCS(=O)(=O)N1CCc2cc(C(=O)CN3C(=O)N[C@@](C)(c4ccc(C(C)C)cc4)C3=O)ccc21. The van der Waals surface area contributed by atoms with Crippen molar-refractivity contribution in [3.8, 4) is 0 Å². The minimum absolute atomic E-state index is 0.00172. The van der Waals surface area contributed by atoms with E-state index in [0.717, 1.165) is 16.0 Å². The summed E-state index contributed by atoms with van der Waals surface area (Å²) >= 11 is 0. The molecule has 4 rings (SSSR count). The van der Waals surface area contributed by atoms with Gasteiger partial charge < -0.3 is 5.32 Å². The molecule has 2 aromatic carbocycles. The molecule has 1 fully saturated rings. The third-order valence-electron chi connectivity index (χ3n) is 6.69. The molecule has 8 nitrogen and oxygen atoms in total. The van der Waals surface area contributed by atoms with Crippen molar-refractivity contribution in [3.63, 3.8) is 0 Å². The molecule has 1 N–H and O–H groups in total. The Kier molecular flexibility index (Phi) is 6.01. The highest BCUT2D eigenvalue weighted by Gasteiger charge is 2.49. The predicted octanol–water partition coefficient (Wildman–Crippen LogP) is 3.17. The molecule has 2 aliphatic rings. The van der Waals surface area contributed by atoms with Gasteiger partial charge in [0.1, 0.15) is 5.54 Å². The normalized spacial score (nSPS) is 20.1. The van der Waals surface area contributed by atoms with Crippen LogP contribution in [0.2, 0.25) is 0 Å². The molecular weight excluding hydrogens is 454 g/mol. The average Bonchev–Trinajstić information content (AvgIpc) is 3.34. The van der Waals surface area contributed by atoms with Crippen LogP contribution in [0.25, 0.3) is 0 Å². The number of urea groups is 1. The molecule has 0 unspecified atom stereocenters. The molecule has 0 spiro atoms. The Labute approximate surface area is 200 Å². The molecule has 9 heteroatoms. The van der Waals surface area contributed by atoms with Crippen LogP contribution in [0, 0.1) is 0 Å². The fourth-order valence-corrected chi connectivity index (χ4v) is 5.62. The van der Waals surface area contributed by atoms with E-state index in [4.69, 9.17) is 0 Å². The minimum Gasteiger partial charge on any atom is -0.319 e. The van der Waals surface area contributed by atoms with Gasteiger partial charge in [-0.25, -0.2) is 13.2 Å². The van der Waals surface area contributed by atoms with Crippen molar-refractivity contribution in [3.05, 3.63) is 64.7 Å². The summed E-state index contributed by atoms with van der Waals surface area (Å²) in [6.07, 6.45) is 0.503. The quantitative estimate of drug-likeness (QED) is 0.481. The zero-order valence-corrected chi connectivity index (χ0v) is 20.6. The Bertz CT molecular complexity index is 1270. The van der Waals surface area contributed by atoms with Crippen LogP contribution in [0.1, 0.15) is 60.7 Å². The number of benzene rings is 2. The van der Waals surface area contributed by atoms with Gasteiger partial charge in [0, 0.05) is 12.1 Å². The lowest BCUT2D eigenvalue weighted by Gasteiger charge is -2.23. The van der Waals surface area contributed by atoms with E-state index in [2.05, 4.69) is 19.2 Å². The lowest BCUT2D eigenvalue weighted by molar-refractivity contribution is -0.130. The molecule has 0 bridgehead atoms. The molecule has 1 saturated heterocycles. The molecule has 2 aliphatic heterocycles. The van der Waals surface area contributed by atoms with Gasteiger partial charge in [0.05, 0.1) is 18.0 Å². The van der Waals surface area contributed by atoms with Gasteiger partial charge in [0.2, 0.25) is 10.0 Å². The smallest absolute Gasteiger partial charge is 0.319 e. The van der Waals surface area contributed by atoms with Crippen LogP contribution in [0.3, 0.4) is 0 Å². The Hall–Kier alpha value is -3.20. The lowest BCUT2D eigenvalue weighted by Crippen LogP contribution is -2.41. The number of rotatable bonds is 7. The van der Waals surface area contributed by atoms with E-state index in [9.17, 15) is 22.8 Å². The summed E-state index contributed by atoms with van der Waals surface area (Å²) in [4.78, 5) is 39.8. The van der Waals surface area contributed by atoms with Crippen molar-refractivity contribution < 1.29 is 22.8 Å². The summed E-state index contributed by atoms with van der Waals surface area (Å²) in [6.45, 7) is 7.33. The highest BCUT2D eigenvalue weighted by molar-refractivity contribution is 7.92. The fraction of sp³-hybridized carbons (Fsp3) is 0.400. The standard InChI is InChI=1S/C25H29N3O5S/c1-5-34(32,33)28-13-12-18-14-19(8-11-21(18)28)22(29)15-27-23(30)25(4,26-24(27)31)20-9-6-17(7-10-20)16(2)3/h6-11,14,16H,5,12-13,15H2,1-4H3,(H,26,31)/t25-/m0/s1.